The summed E-state index contributed by atoms with van der Waals surface area (Å²) >= 11 is 0.930. The molecule has 9 N–H and O–H groups in total. The summed E-state index contributed by atoms with van der Waals surface area (Å²) in [4.78, 5) is 148. The number of urea groups is 1. The van der Waals surface area contributed by atoms with Crippen molar-refractivity contribution in [3.8, 4) is 11.8 Å². The van der Waals surface area contributed by atoms with Crippen LogP contribution in [0.1, 0.15) is 140 Å². The number of carbonyl (C=O) groups excluding carboxylic acids is 9. The van der Waals surface area contributed by atoms with E-state index in [1.807, 2.05) is 42.2 Å². The largest absolute Gasteiger partial charge is 0.399 e. The maximum atomic E-state index is 14.8. The summed E-state index contributed by atoms with van der Waals surface area (Å²) in [6.45, 7) is 10.1. The summed E-state index contributed by atoms with van der Waals surface area (Å²) < 4.78 is 41.3. The van der Waals surface area contributed by atoms with Gasteiger partial charge in [0.2, 0.25) is 35.4 Å². The molecule has 1 aromatic heterocycles. The van der Waals surface area contributed by atoms with E-state index in [0.29, 0.717) is 74.1 Å². The van der Waals surface area contributed by atoms with Crippen molar-refractivity contribution in [2.75, 3.05) is 39.3 Å². The molecule has 6 atom stereocenters. The van der Waals surface area contributed by atoms with Crippen LogP contribution >= 0.6 is 18.9 Å². The first kappa shape index (κ1) is 64.8. The second kappa shape index (κ2) is 27.0. The Morgan fingerprint density at radius 3 is 2.30 bits per heavy atom. The Balaban J connectivity index is 0.871. The molecule has 0 spiro atoms. The molecule has 470 valence electrons. The normalized spacial score (nSPS) is 21.1. The van der Waals surface area contributed by atoms with Gasteiger partial charge in [-0.25, -0.2) is 4.79 Å². The highest BCUT2D eigenvalue weighted by atomic mass is 32.1. The number of nitrogens with zero attached hydrogens (tertiary/aromatic N) is 4. The van der Waals surface area contributed by atoms with Gasteiger partial charge in [0.25, 0.3) is 11.8 Å². The molecule has 0 saturated carbocycles. The third kappa shape index (κ3) is 14.7. The fourth-order valence-corrected chi connectivity index (χ4v) is 13.8. The number of primary amides is 1. The topological polar surface area (TPSA) is 310 Å². The van der Waals surface area contributed by atoms with Gasteiger partial charge in [-0.05, 0) is 122 Å². The van der Waals surface area contributed by atoms with Crippen molar-refractivity contribution in [2.45, 2.75) is 152 Å². The molecule has 0 aliphatic carbocycles. The Labute approximate surface area is 512 Å². The number of nitrogens with two attached hydrogens (primary N) is 1. The maximum Gasteiger partial charge on any atom is 0.399 e. The number of imide groups is 1. The molecule has 26 heteroatoms. The van der Waals surface area contributed by atoms with Crippen molar-refractivity contribution in [1.82, 2.24) is 46.2 Å². The Bertz CT molecular complexity index is 3500. The molecule has 22 nitrogen and oxygen atoms in total. The van der Waals surface area contributed by atoms with Crippen LogP contribution in [0.25, 0.3) is 10.1 Å². The van der Waals surface area contributed by atoms with Crippen LogP contribution in [0.5, 0.6) is 0 Å². The minimum Gasteiger partial charge on any atom is -0.352 e. The van der Waals surface area contributed by atoms with Crippen molar-refractivity contribution in [2.24, 2.45) is 11.7 Å². The smallest absolute Gasteiger partial charge is 0.352 e. The maximum absolute atomic E-state index is 14.8. The van der Waals surface area contributed by atoms with Gasteiger partial charge in [-0.15, -0.1) is 11.3 Å². The molecule has 4 fully saturated rings. The van der Waals surface area contributed by atoms with E-state index in [4.69, 9.17) is 5.73 Å². The van der Waals surface area contributed by atoms with E-state index in [2.05, 4.69) is 59.2 Å². The Hall–Kier alpha value is -7.62. The van der Waals surface area contributed by atoms with E-state index in [-0.39, 0.29) is 91.1 Å². The highest BCUT2D eigenvalue weighted by molar-refractivity contribution is 7.52. The number of fused-ring (bicyclic) bond motifs is 3. The van der Waals surface area contributed by atoms with Crippen LogP contribution in [-0.4, -0.2) is 158 Å². The Kier molecular flexibility index (Phi) is 19.9. The molecule has 5 aliphatic heterocycles. The lowest BCUT2D eigenvalue weighted by molar-refractivity contribution is -0.144. The first-order valence-corrected chi connectivity index (χ1v) is 32.2. The van der Waals surface area contributed by atoms with Gasteiger partial charge in [0, 0.05) is 86.0 Å². The number of thiophene rings is 1. The van der Waals surface area contributed by atoms with Gasteiger partial charge < -0.3 is 56.4 Å². The number of alkyl halides is 2. The first-order chi connectivity index (χ1) is 41.7. The number of benzene rings is 3. The lowest BCUT2D eigenvalue weighted by atomic mass is 9.86. The van der Waals surface area contributed by atoms with Gasteiger partial charge in [-0.1, -0.05) is 75.9 Å². The van der Waals surface area contributed by atoms with Crippen molar-refractivity contribution in [1.29, 1.82) is 0 Å². The SMILES string of the molecule is CCN1CC[C@H]2CC[C@@H](C(=O)NC(CCNC(N)=O)C(=O)NC(Cc3ccc(C(C)(C)C)cc3)C(=O)N3CCC(CCC#Cc4cccc5c4CN(C4CCC(=O)NC4=O)C5=O)CC3)N2C(=O)[C@@H](NC(=O)c2cc3cc(C(F)(F)P(=O)(O)O)ccc3s2)C1. The van der Waals surface area contributed by atoms with Crippen molar-refractivity contribution < 1.29 is 66.3 Å². The molecule has 3 aromatic carbocycles. The number of hydrogen-bond donors (Lipinski definition) is 8. The van der Waals surface area contributed by atoms with E-state index in [9.17, 15) is 66.3 Å². The van der Waals surface area contributed by atoms with Crippen LogP contribution in [0.2, 0.25) is 0 Å². The number of nitrogens with one attached hydrogen (secondary N) is 5. The average molecular weight is 1250 g/mol. The summed E-state index contributed by atoms with van der Waals surface area (Å²) in [7, 11) is -5.88. The number of amides is 10. The standard InChI is InChI=1S/C62H75F2N10O12PS/c1-5-71-28-26-42-18-19-49(74(42)59(82)47(35-71)69-56(79)51-33-39-32-41(17-21-50(39)88-51)62(63,64)87(84,85)86)55(78)67-45(23-27-66-60(65)83)53(76)68-46(31-37-13-15-40(16-14-37)61(2,3)4)58(81)72-29-24-36(25-30-72)9-6-7-10-38-11-8-12-43-44(38)34-73(57(43)80)48-20-22-52(75)70-54(48)77/h8,11-17,21,32-33,36,42,45-49H,5-6,9,18-20,22-31,34-35H2,1-4H3,(H,67,78)(H,68,76)(H,69,79)(H3,65,66,83)(H,70,75,77)(H2,84,85,86)/t42-,45?,46?,47+,48?,49+/m1/s1. The van der Waals surface area contributed by atoms with E-state index in [0.717, 1.165) is 46.6 Å². The fourth-order valence-electron chi connectivity index (χ4n) is 12.4. The van der Waals surface area contributed by atoms with Crippen molar-refractivity contribution in [3.05, 3.63) is 105 Å². The van der Waals surface area contributed by atoms with Crippen LogP contribution < -0.4 is 32.3 Å². The lowest BCUT2D eigenvalue weighted by Crippen LogP contribution is -2.62. The quantitative estimate of drug-likeness (QED) is 0.0381. The van der Waals surface area contributed by atoms with Crippen LogP contribution in [0.15, 0.2) is 66.7 Å². The minimum atomic E-state index is -5.88. The zero-order chi connectivity index (χ0) is 63.4. The zero-order valence-corrected chi connectivity index (χ0v) is 51.3. The van der Waals surface area contributed by atoms with E-state index < -0.39 is 90.6 Å². The van der Waals surface area contributed by atoms with Gasteiger partial charge in [-0.2, -0.15) is 8.78 Å². The summed E-state index contributed by atoms with van der Waals surface area (Å²) in [6.07, 6.45) is 4.12. The third-order valence-corrected chi connectivity index (χ3v) is 19.5. The van der Waals surface area contributed by atoms with Crippen molar-refractivity contribution >= 4 is 82.3 Å². The molecule has 9 rings (SSSR count). The number of hydrogen-bond acceptors (Lipinski definition) is 12. The number of likely N-dealkylation sites (N-methyl/N-ethyl adjacent to an activating group) is 1. The molecule has 3 unspecified atom stereocenters. The molecule has 88 heavy (non-hydrogen) atoms. The average Bonchev–Trinajstić information content (AvgIpc) is 2.14. The number of likely N-dealkylation sites (tertiary alicyclic amines) is 1. The first-order valence-electron chi connectivity index (χ1n) is 29.8. The molecule has 4 aromatic rings. The van der Waals surface area contributed by atoms with Gasteiger partial charge >= 0.3 is 19.3 Å². The minimum absolute atomic E-state index is 0.0361. The highest BCUT2D eigenvalue weighted by Crippen LogP contribution is 2.59. The monoisotopic (exact) mass is 1250 g/mol. The lowest BCUT2D eigenvalue weighted by Gasteiger charge is -2.38. The van der Waals surface area contributed by atoms with Crippen LogP contribution in [0, 0.1) is 17.8 Å². The second-order valence-corrected chi connectivity index (χ2v) is 27.1. The number of rotatable bonds is 18. The third-order valence-electron chi connectivity index (χ3n) is 17.4. The molecule has 0 bridgehead atoms. The van der Waals surface area contributed by atoms with Crippen LogP contribution in [0.3, 0.4) is 0 Å². The number of carbonyl (C=O) groups is 9. The van der Waals surface area contributed by atoms with E-state index in [1.165, 1.54) is 21.9 Å². The molecule has 6 heterocycles. The summed E-state index contributed by atoms with van der Waals surface area (Å²) in [5.41, 5.74) is 3.61. The van der Waals surface area contributed by atoms with Crippen molar-refractivity contribution in [3.63, 3.8) is 0 Å². The molecule has 5 aliphatic rings. The molecule has 0 radical (unpaired) electrons. The predicted octanol–water partition coefficient (Wildman–Crippen LogP) is 4.71. The fraction of sp³-hybridized carbons (Fsp3) is 0.500. The molecule has 4 saturated heterocycles. The van der Waals surface area contributed by atoms with Gasteiger partial charge in [0.05, 0.1) is 4.88 Å². The predicted molar refractivity (Wildman–Crippen MR) is 322 cm³/mol. The van der Waals surface area contributed by atoms with Gasteiger partial charge in [0.15, 0.2) is 0 Å². The van der Waals surface area contributed by atoms with Crippen LogP contribution in [0.4, 0.5) is 13.6 Å². The van der Waals surface area contributed by atoms with Gasteiger partial charge in [-0.3, -0.25) is 48.2 Å². The van der Waals surface area contributed by atoms with E-state index >= 15 is 0 Å². The Morgan fingerprint density at radius 1 is 0.886 bits per heavy atom. The summed E-state index contributed by atoms with van der Waals surface area (Å²) in [6, 6.07) is 10.7. The summed E-state index contributed by atoms with van der Waals surface area (Å²) in [5.74, 6) is 2.62. The molecule has 10 amide bonds. The van der Waals surface area contributed by atoms with Crippen LogP contribution in [-0.2, 0) is 57.4 Å². The number of piperidine rings is 2. The van der Waals surface area contributed by atoms with Gasteiger partial charge in [0.1, 0.15) is 30.2 Å². The molecular formula is C62H75F2N10O12PS. The second-order valence-electron chi connectivity index (χ2n) is 24.3. The Morgan fingerprint density at radius 2 is 1.61 bits per heavy atom. The molecular weight excluding hydrogens is 1180 g/mol. The zero-order valence-electron chi connectivity index (χ0n) is 49.6. The summed E-state index contributed by atoms with van der Waals surface area (Å²) in [5, 5.41) is 13.5. The highest BCUT2D eigenvalue weighted by Gasteiger charge is 2.51. The number of halogens is 2. The van der Waals surface area contributed by atoms with E-state index in [1.54, 1.807) is 17.0 Å².